The SMILES string of the molecule is CCC(C)(C)Nc1cc2c(cc1[N+](=O)[O-])OCC(=O)N2. The molecule has 0 radical (unpaired) electrons. The van der Waals surface area contributed by atoms with Gasteiger partial charge in [-0.25, -0.2) is 0 Å². The van der Waals surface area contributed by atoms with Gasteiger partial charge in [0.25, 0.3) is 11.6 Å². The number of benzene rings is 1. The van der Waals surface area contributed by atoms with Crippen LogP contribution in [0, 0.1) is 10.1 Å². The molecule has 7 nitrogen and oxygen atoms in total. The normalized spacial score (nSPS) is 14.1. The number of amides is 1. The van der Waals surface area contributed by atoms with Gasteiger partial charge in [-0.1, -0.05) is 6.92 Å². The van der Waals surface area contributed by atoms with Crippen LogP contribution in [0.15, 0.2) is 12.1 Å². The number of hydrogen-bond acceptors (Lipinski definition) is 5. The van der Waals surface area contributed by atoms with E-state index >= 15 is 0 Å². The first-order valence-electron chi connectivity index (χ1n) is 6.35. The summed E-state index contributed by atoms with van der Waals surface area (Å²) in [6.45, 7) is 5.76. The van der Waals surface area contributed by atoms with Gasteiger partial charge in [0.15, 0.2) is 12.4 Å². The maximum atomic E-state index is 11.3. The van der Waals surface area contributed by atoms with Crippen molar-refractivity contribution in [1.29, 1.82) is 0 Å². The molecule has 2 rings (SSSR count). The minimum Gasteiger partial charge on any atom is -0.481 e. The van der Waals surface area contributed by atoms with Crippen LogP contribution in [0.25, 0.3) is 0 Å². The summed E-state index contributed by atoms with van der Waals surface area (Å²) in [4.78, 5) is 22.0. The summed E-state index contributed by atoms with van der Waals surface area (Å²) >= 11 is 0. The summed E-state index contributed by atoms with van der Waals surface area (Å²) in [7, 11) is 0. The van der Waals surface area contributed by atoms with E-state index in [0.717, 1.165) is 6.42 Å². The third-order valence-corrected chi connectivity index (χ3v) is 3.28. The first-order chi connectivity index (χ1) is 9.32. The van der Waals surface area contributed by atoms with Crippen molar-refractivity contribution in [1.82, 2.24) is 0 Å². The van der Waals surface area contributed by atoms with Crippen LogP contribution in [0.5, 0.6) is 5.75 Å². The third kappa shape index (κ3) is 2.81. The van der Waals surface area contributed by atoms with Crippen LogP contribution in [0.3, 0.4) is 0 Å². The van der Waals surface area contributed by atoms with E-state index in [-0.39, 0.29) is 23.7 Å². The van der Waals surface area contributed by atoms with E-state index < -0.39 is 4.92 Å². The number of carbonyl (C=O) groups is 1. The van der Waals surface area contributed by atoms with Gasteiger partial charge < -0.3 is 15.4 Å². The lowest BCUT2D eigenvalue weighted by Gasteiger charge is -2.27. The fourth-order valence-electron chi connectivity index (χ4n) is 1.82. The number of hydrogen-bond donors (Lipinski definition) is 2. The van der Waals surface area contributed by atoms with Crippen molar-refractivity contribution in [3.8, 4) is 5.75 Å². The topological polar surface area (TPSA) is 93.5 Å². The molecule has 0 aromatic heterocycles. The Morgan fingerprint density at radius 2 is 2.20 bits per heavy atom. The lowest BCUT2D eigenvalue weighted by molar-refractivity contribution is -0.384. The number of carbonyl (C=O) groups excluding carboxylic acids is 1. The number of nitro benzene ring substituents is 1. The van der Waals surface area contributed by atoms with Gasteiger partial charge in [0.2, 0.25) is 0 Å². The van der Waals surface area contributed by atoms with Crippen LogP contribution in [-0.2, 0) is 4.79 Å². The maximum Gasteiger partial charge on any atom is 0.296 e. The zero-order valence-electron chi connectivity index (χ0n) is 11.6. The molecule has 1 aliphatic rings. The molecule has 0 bridgehead atoms. The van der Waals surface area contributed by atoms with Crippen LogP contribution in [0.4, 0.5) is 17.1 Å². The molecule has 0 atom stereocenters. The molecule has 1 aromatic carbocycles. The highest BCUT2D eigenvalue weighted by Crippen LogP contribution is 2.39. The second-order valence-corrected chi connectivity index (χ2v) is 5.32. The highest BCUT2D eigenvalue weighted by atomic mass is 16.6. The lowest BCUT2D eigenvalue weighted by Crippen LogP contribution is -2.30. The molecule has 1 aromatic rings. The van der Waals surface area contributed by atoms with Gasteiger partial charge >= 0.3 is 0 Å². The quantitative estimate of drug-likeness (QED) is 0.652. The van der Waals surface area contributed by atoms with E-state index in [1.165, 1.54) is 6.07 Å². The summed E-state index contributed by atoms with van der Waals surface area (Å²) in [6, 6.07) is 2.88. The van der Waals surface area contributed by atoms with E-state index in [1.54, 1.807) is 6.07 Å². The number of nitrogens with one attached hydrogen (secondary N) is 2. The Hall–Kier alpha value is -2.31. The predicted octanol–water partition coefficient (Wildman–Crippen LogP) is 2.53. The summed E-state index contributed by atoms with van der Waals surface area (Å²) in [5.74, 6) is 0.0446. The van der Waals surface area contributed by atoms with Crippen molar-refractivity contribution in [2.45, 2.75) is 32.7 Å². The monoisotopic (exact) mass is 279 g/mol. The summed E-state index contributed by atoms with van der Waals surface area (Å²) < 4.78 is 5.19. The first kappa shape index (κ1) is 14.1. The van der Waals surface area contributed by atoms with Gasteiger partial charge in [-0.15, -0.1) is 0 Å². The predicted molar refractivity (Wildman–Crippen MR) is 75.2 cm³/mol. The number of nitro groups is 1. The molecule has 0 spiro atoms. The van der Waals surface area contributed by atoms with Gasteiger partial charge in [-0.05, 0) is 26.3 Å². The third-order valence-electron chi connectivity index (χ3n) is 3.28. The average Bonchev–Trinajstić information content (AvgIpc) is 2.37. The zero-order chi connectivity index (χ0) is 14.9. The van der Waals surface area contributed by atoms with Crippen molar-refractivity contribution in [2.75, 3.05) is 17.2 Å². The molecule has 1 amide bonds. The second-order valence-electron chi connectivity index (χ2n) is 5.32. The smallest absolute Gasteiger partial charge is 0.296 e. The van der Waals surface area contributed by atoms with E-state index in [0.29, 0.717) is 17.1 Å². The summed E-state index contributed by atoms with van der Waals surface area (Å²) in [5.41, 5.74) is 0.451. The number of fused-ring (bicyclic) bond motifs is 1. The molecule has 2 N–H and O–H groups in total. The number of nitrogens with zero attached hydrogens (tertiary/aromatic N) is 1. The Morgan fingerprint density at radius 3 is 2.80 bits per heavy atom. The molecule has 108 valence electrons. The summed E-state index contributed by atoms with van der Waals surface area (Å²) in [5, 5.41) is 16.9. The van der Waals surface area contributed by atoms with Crippen molar-refractivity contribution < 1.29 is 14.5 Å². The Balaban J connectivity index is 2.46. The first-order valence-corrected chi connectivity index (χ1v) is 6.35. The molecule has 0 fully saturated rings. The fraction of sp³-hybridized carbons (Fsp3) is 0.462. The van der Waals surface area contributed by atoms with Crippen LogP contribution >= 0.6 is 0 Å². The molecule has 20 heavy (non-hydrogen) atoms. The number of ether oxygens (including phenoxy) is 1. The second kappa shape index (κ2) is 4.99. The number of anilines is 2. The molecule has 0 saturated heterocycles. The van der Waals surface area contributed by atoms with E-state index in [4.69, 9.17) is 4.74 Å². The van der Waals surface area contributed by atoms with Crippen LogP contribution in [-0.4, -0.2) is 23.0 Å². The zero-order valence-corrected chi connectivity index (χ0v) is 11.6. The molecule has 0 unspecified atom stereocenters. The van der Waals surface area contributed by atoms with Crippen LogP contribution in [0.2, 0.25) is 0 Å². The van der Waals surface area contributed by atoms with Gasteiger partial charge in [0.05, 0.1) is 16.7 Å². The molecular weight excluding hydrogens is 262 g/mol. The Morgan fingerprint density at radius 1 is 1.50 bits per heavy atom. The fourth-order valence-corrected chi connectivity index (χ4v) is 1.82. The van der Waals surface area contributed by atoms with Gasteiger partial charge in [-0.2, -0.15) is 0 Å². The van der Waals surface area contributed by atoms with E-state index in [1.807, 2.05) is 20.8 Å². The van der Waals surface area contributed by atoms with Crippen molar-refractivity contribution >= 4 is 23.0 Å². The Bertz CT molecular complexity index is 569. The number of rotatable bonds is 4. The van der Waals surface area contributed by atoms with Crippen LogP contribution in [0.1, 0.15) is 27.2 Å². The standard InChI is InChI=1S/C13H17N3O4/c1-4-13(2,3)15-8-5-9-11(6-10(8)16(18)19)20-7-12(17)14-9/h5-6,15H,4,7H2,1-3H3,(H,14,17). The van der Waals surface area contributed by atoms with Gasteiger partial charge in [0, 0.05) is 5.54 Å². The maximum absolute atomic E-state index is 11.3. The van der Waals surface area contributed by atoms with Gasteiger partial charge in [-0.3, -0.25) is 14.9 Å². The molecule has 1 aliphatic heterocycles. The largest absolute Gasteiger partial charge is 0.481 e. The van der Waals surface area contributed by atoms with Crippen LogP contribution < -0.4 is 15.4 Å². The van der Waals surface area contributed by atoms with E-state index in [2.05, 4.69) is 10.6 Å². The minimum absolute atomic E-state index is 0.0681. The summed E-state index contributed by atoms with van der Waals surface area (Å²) in [6.07, 6.45) is 0.796. The highest BCUT2D eigenvalue weighted by Gasteiger charge is 2.26. The van der Waals surface area contributed by atoms with Crippen molar-refractivity contribution in [2.24, 2.45) is 0 Å². The molecule has 0 saturated carbocycles. The van der Waals surface area contributed by atoms with Crippen molar-refractivity contribution in [3.05, 3.63) is 22.2 Å². The Labute approximate surface area is 116 Å². The molecule has 1 heterocycles. The molecule has 0 aliphatic carbocycles. The molecule has 7 heteroatoms. The Kier molecular flexibility index (Phi) is 3.52. The van der Waals surface area contributed by atoms with Gasteiger partial charge in [0.1, 0.15) is 5.69 Å². The van der Waals surface area contributed by atoms with E-state index in [9.17, 15) is 14.9 Å². The molecular formula is C13H17N3O4. The minimum atomic E-state index is -0.464. The highest BCUT2D eigenvalue weighted by molar-refractivity contribution is 5.96. The average molecular weight is 279 g/mol. The van der Waals surface area contributed by atoms with Crippen molar-refractivity contribution in [3.63, 3.8) is 0 Å². The lowest BCUT2D eigenvalue weighted by atomic mass is 10.0.